The number of aromatic nitrogens is 3. The zero-order valence-corrected chi connectivity index (χ0v) is 14.9. The van der Waals surface area contributed by atoms with E-state index in [4.69, 9.17) is 21.7 Å². The number of phenols is 1. The summed E-state index contributed by atoms with van der Waals surface area (Å²) in [5.74, 6) is 1.23. The summed E-state index contributed by atoms with van der Waals surface area (Å²) in [6.45, 7) is 2.08. The molecule has 2 aromatic rings. The second-order valence-electron chi connectivity index (χ2n) is 5.70. The zero-order valence-electron chi connectivity index (χ0n) is 14.1. The molecular weight excluding hydrogens is 344 g/mol. The molecule has 0 radical (unpaired) electrons. The molecule has 2 heterocycles. The first-order chi connectivity index (χ1) is 12.0. The van der Waals surface area contributed by atoms with Gasteiger partial charge in [0.1, 0.15) is 0 Å². The van der Waals surface area contributed by atoms with Gasteiger partial charge in [0.2, 0.25) is 10.5 Å². The number of benzene rings is 1. The number of H-pyrrole nitrogens is 1. The van der Waals surface area contributed by atoms with Crippen molar-refractivity contribution in [2.45, 2.75) is 25.4 Å². The van der Waals surface area contributed by atoms with Gasteiger partial charge >= 0.3 is 0 Å². The molecule has 25 heavy (non-hydrogen) atoms. The highest BCUT2D eigenvalue weighted by molar-refractivity contribution is 7.71. The Kier molecular flexibility index (Phi) is 5.02. The molecule has 1 aliphatic rings. The zero-order chi connectivity index (χ0) is 18.0. The third-order valence-corrected chi connectivity index (χ3v) is 4.17. The van der Waals surface area contributed by atoms with Crippen LogP contribution in [0.15, 0.2) is 17.2 Å². The Labute approximate surface area is 149 Å². The van der Waals surface area contributed by atoms with Crippen molar-refractivity contribution in [1.29, 1.82) is 0 Å². The Balaban J connectivity index is 1.93. The average Bonchev–Trinajstić information content (AvgIpc) is 3.19. The molecule has 3 rings (SSSR count). The third kappa shape index (κ3) is 3.50. The highest BCUT2D eigenvalue weighted by Crippen LogP contribution is 2.36. The summed E-state index contributed by atoms with van der Waals surface area (Å²) in [4.78, 5) is 0. The van der Waals surface area contributed by atoms with Crippen LogP contribution in [0.25, 0.3) is 0 Å². The number of nitrogens with zero attached hydrogens (tertiary/aromatic N) is 3. The standard InChI is InChI=1S/C15H20N6O3S/c1-8-4-10(18-17-8)14-19-20-15(25)21(14)16-7-9-5-11(23-2)13(22)12(6-9)24-3/h5-8,10,17-18,22H,4H2,1-3H3,(H,20,25)/b16-7+. The first kappa shape index (κ1) is 17.4. The van der Waals surface area contributed by atoms with Crippen molar-refractivity contribution in [2.75, 3.05) is 14.2 Å². The molecule has 134 valence electrons. The molecule has 1 aliphatic heterocycles. The maximum absolute atomic E-state index is 9.98. The van der Waals surface area contributed by atoms with E-state index in [1.165, 1.54) is 14.2 Å². The quantitative estimate of drug-likeness (QED) is 0.470. The van der Waals surface area contributed by atoms with Gasteiger partial charge in [0.15, 0.2) is 17.3 Å². The molecule has 1 fully saturated rings. The molecule has 9 nitrogen and oxygen atoms in total. The van der Waals surface area contributed by atoms with E-state index in [1.54, 1.807) is 23.0 Å². The van der Waals surface area contributed by atoms with Gasteiger partial charge in [0, 0.05) is 11.6 Å². The molecule has 0 aliphatic carbocycles. The van der Waals surface area contributed by atoms with Crippen LogP contribution in [-0.2, 0) is 0 Å². The van der Waals surface area contributed by atoms with Gasteiger partial charge in [-0.25, -0.2) is 5.43 Å². The topological polar surface area (TPSA) is 109 Å². The SMILES string of the molecule is COc1cc(/C=N/n2c(C3CC(C)NN3)n[nH]c2=S)cc(OC)c1O. The van der Waals surface area contributed by atoms with Crippen molar-refractivity contribution in [3.8, 4) is 17.2 Å². The van der Waals surface area contributed by atoms with Crippen LogP contribution in [0.3, 0.4) is 0 Å². The van der Waals surface area contributed by atoms with Gasteiger partial charge in [0.05, 0.1) is 26.5 Å². The highest BCUT2D eigenvalue weighted by Gasteiger charge is 2.26. The lowest BCUT2D eigenvalue weighted by atomic mass is 10.1. The van der Waals surface area contributed by atoms with Gasteiger partial charge in [-0.3, -0.25) is 10.5 Å². The largest absolute Gasteiger partial charge is 0.502 e. The van der Waals surface area contributed by atoms with Crippen molar-refractivity contribution in [3.63, 3.8) is 0 Å². The number of nitrogens with one attached hydrogen (secondary N) is 3. The summed E-state index contributed by atoms with van der Waals surface area (Å²) in [5.41, 5.74) is 7.01. The van der Waals surface area contributed by atoms with Crippen molar-refractivity contribution in [3.05, 3.63) is 28.3 Å². The lowest BCUT2D eigenvalue weighted by Gasteiger charge is -2.10. The number of hydrazine groups is 1. The number of ether oxygens (including phenoxy) is 2. The second-order valence-corrected chi connectivity index (χ2v) is 6.08. The number of rotatable bonds is 5. The molecule has 2 atom stereocenters. The van der Waals surface area contributed by atoms with E-state index in [-0.39, 0.29) is 11.8 Å². The van der Waals surface area contributed by atoms with Gasteiger partial charge in [-0.2, -0.15) is 14.9 Å². The Morgan fingerprint density at radius 1 is 1.32 bits per heavy atom. The van der Waals surface area contributed by atoms with Crippen LogP contribution in [0.4, 0.5) is 0 Å². The summed E-state index contributed by atoms with van der Waals surface area (Å²) < 4.78 is 12.3. The van der Waals surface area contributed by atoms with Gasteiger partial charge in [-0.05, 0) is 37.7 Å². The fourth-order valence-electron chi connectivity index (χ4n) is 2.64. The summed E-state index contributed by atoms with van der Waals surface area (Å²) >= 11 is 5.26. The number of aromatic hydroxyl groups is 1. The van der Waals surface area contributed by atoms with Crippen molar-refractivity contribution < 1.29 is 14.6 Å². The predicted molar refractivity (Wildman–Crippen MR) is 94.7 cm³/mol. The van der Waals surface area contributed by atoms with E-state index < -0.39 is 0 Å². The fraction of sp³-hybridized carbons (Fsp3) is 0.400. The molecule has 4 N–H and O–H groups in total. The molecule has 0 amide bonds. The van der Waals surface area contributed by atoms with E-state index in [0.29, 0.717) is 33.7 Å². The molecule has 10 heteroatoms. The fourth-order valence-corrected chi connectivity index (χ4v) is 2.82. The Bertz CT molecular complexity index is 821. The maximum Gasteiger partial charge on any atom is 0.216 e. The number of hydrogen-bond acceptors (Lipinski definition) is 8. The van der Waals surface area contributed by atoms with E-state index in [9.17, 15) is 5.11 Å². The van der Waals surface area contributed by atoms with Crippen LogP contribution < -0.4 is 20.3 Å². The Morgan fingerprint density at radius 3 is 2.56 bits per heavy atom. The first-order valence-electron chi connectivity index (χ1n) is 7.71. The molecular formula is C15H20N6O3S. The van der Waals surface area contributed by atoms with Crippen LogP contribution in [-0.4, -0.2) is 46.5 Å². The molecule has 1 aromatic carbocycles. The van der Waals surface area contributed by atoms with E-state index in [1.807, 2.05) is 0 Å². The highest BCUT2D eigenvalue weighted by atomic mass is 32.1. The molecule has 0 saturated carbocycles. The number of methoxy groups -OCH3 is 2. The van der Waals surface area contributed by atoms with Gasteiger partial charge in [-0.15, -0.1) is 0 Å². The molecule has 0 bridgehead atoms. The Morgan fingerprint density at radius 2 is 2.00 bits per heavy atom. The molecule has 2 unspecified atom stereocenters. The van der Waals surface area contributed by atoms with E-state index in [0.717, 1.165) is 6.42 Å². The van der Waals surface area contributed by atoms with Gasteiger partial charge in [-0.1, -0.05) is 0 Å². The van der Waals surface area contributed by atoms with Crippen LogP contribution in [0.1, 0.15) is 30.8 Å². The monoisotopic (exact) mass is 364 g/mol. The average molecular weight is 364 g/mol. The number of aromatic amines is 1. The lowest BCUT2D eigenvalue weighted by molar-refractivity contribution is 0.340. The van der Waals surface area contributed by atoms with Crippen LogP contribution >= 0.6 is 12.2 Å². The summed E-state index contributed by atoms with van der Waals surface area (Å²) in [7, 11) is 2.94. The van der Waals surface area contributed by atoms with Gasteiger partial charge < -0.3 is 14.6 Å². The second kappa shape index (κ2) is 7.21. The minimum atomic E-state index is -0.0574. The third-order valence-electron chi connectivity index (χ3n) is 3.90. The van der Waals surface area contributed by atoms with Crippen LogP contribution in [0.5, 0.6) is 17.2 Å². The number of phenolic OH excluding ortho intramolecular Hbond substituents is 1. The smallest absolute Gasteiger partial charge is 0.216 e. The number of hydrogen-bond donors (Lipinski definition) is 4. The molecule has 0 spiro atoms. The van der Waals surface area contributed by atoms with Crippen LogP contribution in [0, 0.1) is 4.77 Å². The van der Waals surface area contributed by atoms with Crippen molar-refractivity contribution in [1.82, 2.24) is 25.7 Å². The lowest BCUT2D eigenvalue weighted by Crippen LogP contribution is -2.29. The summed E-state index contributed by atoms with van der Waals surface area (Å²) in [6.07, 6.45) is 2.47. The minimum Gasteiger partial charge on any atom is -0.502 e. The van der Waals surface area contributed by atoms with E-state index >= 15 is 0 Å². The normalized spacial score (nSPS) is 20.3. The van der Waals surface area contributed by atoms with E-state index in [2.05, 4.69) is 33.1 Å². The molecule has 1 saturated heterocycles. The van der Waals surface area contributed by atoms with Crippen molar-refractivity contribution >= 4 is 18.4 Å². The van der Waals surface area contributed by atoms with Crippen LogP contribution in [0.2, 0.25) is 0 Å². The summed E-state index contributed by atoms with van der Waals surface area (Å²) in [5, 5.41) is 21.4. The Hall–Kier alpha value is -2.43. The maximum atomic E-state index is 9.98. The van der Waals surface area contributed by atoms with Crippen molar-refractivity contribution in [2.24, 2.45) is 5.10 Å². The summed E-state index contributed by atoms with van der Waals surface area (Å²) in [6, 6.07) is 3.65. The predicted octanol–water partition coefficient (Wildman–Crippen LogP) is 1.47. The van der Waals surface area contributed by atoms with Gasteiger partial charge in [0.25, 0.3) is 0 Å². The minimum absolute atomic E-state index is 0.00369. The first-order valence-corrected chi connectivity index (χ1v) is 8.12. The molecule has 1 aromatic heterocycles.